The average molecular weight is 349 g/mol. The zero-order valence-electron chi connectivity index (χ0n) is 14.7. The van der Waals surface area contributed by atoms with Crippen LogP contribution in [-0.2, 0) is 4.79 Å². The van der Waals surface area contributed by atoms with Crippen LogP contribution in [0.5, 0.6) is 0 Å². The summed E-state index contributed by atoms with van der Waals surface area (Å²) in [5.41, 5.74) is 0.738. The Morgan fingerprint density at radius 3 is 2.83 bits per heavy atom. The van der Waals surface area contributed by atoms with Crippen LogP contribution in [0.1, 0.15) is 56.3 Å². The SMILES string of the molecule is CC(C)Sc1ccccc1C(=O)NCCCN1CCCCCC1=O. The van der Waals surface area contributed by atoms with Crippen molar-refractivity contribution in [1.29, 1.82) is 0 Å². The third-order valence-electron chi connectivity index (χ3n) is 4.06. The maximum Gasteiger partial charge on any atom is 0.252 e. The van der Waals surface area contributed by atoms with Crippen LogP contribution in [-0.4, -0.2) is 41.6 Å². The van der Waals surface area contributed by atoms with Crippen LogP contribution in [0.25, 0.3) is 0 Å². The van der Waals surface area contributed by atoms with Crippen LogP contribution in [0.15, 0.2) is 29.2 Å². The van der Waals surface area contributed by atoms with Crippen LogP contribution in [0.4, 0.5) is 0 Å². The molecule has 5 heteroatoms. The molecule has 0 saturated carbocycles. The van der Waals surface area contributed by atoms with E-state index in [4.69, 9.17) is 0 Å². The third kappa shape index (κ3) is 5.86. The van der Waals surface area contributed by atoms with E-state index in [0.717, 1.165) is 49.2 Å². The maximum absolute atomic E-state index is 12.4. The molecule has 2 amide bonds. The van der Waals surface area contributed by atoms with Crippen molar-refractivity contribution in [1.82, 2.24) is 10.2 Å². The van der Waals surface area contributed by atoms with Gasteiger partial charge in [-0.25, -0.2) is 0 Å². The van der Waals surface area contributed by atoms with Gasteiger partial charge in [-0.1, -0.05) is 32.4 Å². The van der Waals surface area contributed by atoms with Gasteiger partial charge >= 0.3 is 0 Å². The van der Waals surface area contributed by atoms with Gasteiger partial charge in [-0.05, 0) is 31.4 Å². The van der Waals surface area contributed by atoms with Crippen molar-refractivity contribution in [2.45, 2.75) is 56.1 Å². The molecule has 0 aromatic heterocycles. The summed E-state index contributed by atoms with van der Waals surface area (Å²) in [7, 11) is 0. The van der Waals surface area contributed by atoms with E-state index >= 15 is 0 Å². The smallest absolute Gasteiger partial charge is 0.252 e. The summed E-state index contributed by atoms with van der Waals surface area (Å²) >= 11 is 1.70. The first kappa shape index (κ1) is 18.8. The topological polar surface area (TPSA) is 49.4 Å². The highest BCUT2D eigenvalue weighted by Gasteiger charge is 2.16. The molecule has 1 heterocycles. The highest BCUT2D eigenvalue weighted by atomic mass is 32.2. The summed E-state index contributed by atoms with van der Waals surface area (Å²) in [6, 6.07) is 7.73. The number of hydrogen-bond acceptors (Lipinski definition) is 3. The lowest BCUT2D eigenvalue weighted by molar-refractivity contribution is -0.130. The predicted octanol–water partition coefficient (Wildman–Crippen LogP) is 3.71. The number of nitrogens with one attached hydrogen (secondary N) is 1. The molecular formula is C19H28N2O2S. The number of carbonyl (C=O) groups is 2. The fourth-order valence-electron chi connectivity index (χ4n) is 2.85. The number of rotatable bonds is 7. The molecule has 0 unspecified atom stereocenters. The van der Waals surface area contributed by atoms with E-state index in [1.165, 1.54) is 0 Å². The fourth-order valence-corrected chi connectivity index (χ4v) is 3.81. The summed E-state index contributed by atoms with van der Waals surface area (Å²) < 4.78 is 0. The van der Waals surface area contributed by atoms with E-state index < -0.39 is 0 Å². The second-order valence-corrected chi connectivity index (χ2v) is 8.08. The van der Waals surface area contributed by atoms with E-state index in [-0.39, 0.29) is 11.8 Å². The Bertz CT molecular complexity index is 560. The summed E-state index contributed by atoms with van der Waals surface area (Å²) in [5.74, 6) is 0.235. The molecule has 4 nitrogen and oxygen atoms in total. The lowest BCUT2D eigenvalue weighted by atomic mass is 10.2. The molecule has 0 atom stereocenters. The molecule has 1 aromatic carbocycles. The van der Waals surface area contributed by atoms with Crippen molar-refractivity contribution in [2.24, 2.45) is 0 Å². The van der Waals surface area contributed by atoms with Gasteiger partial charge in [-0.15, -0.1) is 11.8 Å². The molecule has 2 rings (SSSR count). The molecule has 0 spiro atoms. The molecule has 1 aliphatic rings. The van der Waals surface area contributed by atoms with Gasteiger partial charge < -0.3 is 10.2 Å². The number of nitrogens with zero attached hydrogens (tertiary/aromatic N) is 1. The van der Waals surface area contributed by atoms with Crippen LogP contribution < -0.4 is 5.32 Å². The molecule has 132 valence electrons. The molecule has 1 fully saturated rings. The van der Waals surface area contributed by atoms with Gasteiger partial charge in [0.05, 0.1) is 5.56 Å². The second kappa shape index (κ2) is 9.72. The molecule has 0 aliphatic carbocycles. The summed E-state index contributed by atoms with van der Waals surface area (Å²) in [6.45, 7) is 6.44. The van der Waals surface area contributed by atoms with Gasteiger partial charge in [-0.2, -0.15) is 0 Å². The van der Waals surface area contributed by atoms with Crippen LogP contribution in [0, 0.1) is 0 Å². The number of amides is 2. The Hall–Kier alpha value is -1.49. The Morgan fingerprint density at radius 2 is 2.04 bits per heavy atom. The number of benzene rings is 1. The summed E-state index contributed by atoms with van der Waals surface area (Å²) in [5, 5.41) is 3.43. The molecule has 1 aliphatic heterocycles. The normalized spacial score (nSPS) is 15.5. The van der Waals surface area contributed by atoms with Crippen molar-refractivity contribution in [3.05, 3.63) is 29.8 Å². The van der Waals surface area contributed by atoms with Gasteiger partial charge in [0.25, 0.3) is 5.91 Å². The highest BCUT2D eigenvalue weighted by molar-refractivity contribution is 8.00. The largest absolute Gasteiger partial charge is 0.352 e. The lowest BCUT2D eigenvalue weighted by Gasteiger charge is -2.20. The van der Waals surface area contributed by atoms with Crippen LogP contribution in [0.2, 0.25) is 0 Å². The molecule has 1 N–H and O–H groups in total. The van der Waals surface area contributed by atoms with Crippen molar-refractivity contribution in [3.8, 4) is 0 Å². The van der Waals surface area contributed by atoms with Crippen molar-refractivity contribution < 1.29 is 9.59 Å². The van der Waals surface area contributed by atoms with E-state index in [0.29, 0.717) is 18.2 Å². The van der Waals surface area contributed by atoms with Gasteiger partial charge in [0.15, 0.2) is 0 Å². The van der Waals surface area contributed by atoms with Gasteiger partial charge in [0.2, 0.25) is 5.91 Å². The minimum absolute atomic E-state index is 0.0269. The molecule has 0 radical (unpaired) electrons. The molecule has 24 heavy (non-hydrogen) atoms. The standard InChI is InChI=1S/C19H28N2O2S/c1-15(2)24-17-10-6-5-9-16(17)19(23)20-12-8-14-21-13-7-3-4-11-18(21)22/h5-6,9-10,15H,3-4,7-8,11-14H2,1-2H3,(H,20,23). The molecule has 1 aromatic rings. The monoisotopic (exact) mass is 348 g/mol. The van der Waals surface area contributed by atoms with E-state index in [9.17, 15) is 9.59 Å². The van der Waals surface area contributed by atoms with Crippen molar-refractivity contribution in [2.75, 3.05) is 19.6 Å². The fraction of sp³-hybridized carbons (Fsp3) is 0.579. The van der Waals surface area contributed by atoms with E-state index in [2.05, 4.69) is 19.2 Å². The first-order chi connectivity index (χ1) is 11.6. The number of carbonyl (C=O) groups excluding carboxylic acids is 2. The molecular weight excluding hydrogens is 320 g/mol. The van der Waals surface area contributed by atoms with Crippen LogP contribution >= 0.6 is 11.8 Å². The number of likely N-dealkylation sites (tertiary alicyclic amines) is 1. The zero-order chi connectivity index (χ0) is 17.4. The summed E-state index contributed by atoms with van der Waals surface area (Å²) in [4.78, 5) is 27.3. The Kier molecular flexibility index (Phi) is 7.63. The molecule has 1 saturated heterocycles. The quantitative estimate of drug-likeness (QED) is 0.604. The number of thioether (sulfide) groups is 1. The first-order valence-electron chi connectivity index (χ1n) is 8.89. The van der Waals surface area contributed by atoms with Gasteiger partial charge in [0.1, 0.15) is 0 Å². The van der Waals surface area contributed by atoms with Gasteiger partial charge in [0, 0.05) is 36.2 Å². The Balaban J connectivity index is 1.80. The predicted molar refractivity (Wildman–Crippen MR) is 99.4 cm³/mol. The Labute approximate surface area is 149 Å². The third-order valence-corrected chi connectivity index (χ3v) is 5.14. The maximum atomic E-state index is 12.4. The number of hydrogen-bond donors (Lipinski definition) is 1. The first-order valence-corrected chi connectivity index (χ1v) is 9.77. The van der Waals surface area contributed by atoms with Crippen LogP contribution in [0.3, 0.4) is 0 Å². The average Bonchev–Trinajstić information content (AvgIpc) is 2.76. The van der Waals surface area contributed by atoms with Gasteiger partial charge in [-0.3, -0.25) is 9.59 Å². The highest BCUT2D eigenvalue weighted by Crippen LogP contribution is 2.26. The van der Waals surface area contributed by atoms with Crippen molar-refractivity contribution in [3.63, 3.8) is 0 Å². The lowest BCUT2D eigenvalue weighted by Crippen LogP contribution is -2.34. The summed E-state index contributed by atoms with van der Waals surface area (Å²) in [6.07, 6.45) is 4.72. The minimum atomic E-state index is -0.0269. The zero-order valence-corrected chi connectivity index (χ0v) is 15.5. The van der Waals surface area contributed by atoms with Crippen molar-refractivity contribution >= 4 is 23.6 Å². The molecule has 0 bridgehead atoms. The second-order valence-electron chi connectivity index (χ2n) is 6.46. The van der Waals surface area contributed by atoms with E-state index in [1.54, 1.807) is 11.8 Å². The van der Waals surface area contributed by atoms with E-state index in [1.807, 2.05) is 29.2 Å². The Morgan fingerprint density at radius 1 is 1.25 bits per heavy atom. The minimum Gasteiger partial charge on any atom is -0.352 e.